The zero-order valence-electron chi connectivity index (χ0n) is 25.7. The summed E-state index contributed by atoms with van der Waals surface area (Å²) in [6.45, 7) is 12.8. The van der Waals surface area contributed by atoms with E-state index in [1.54, 1.807) is 49.7 Å². The average Bonchev–Trinajstić information content (AvgIpc) is 3.28. The number of carbonyl (C=O) groups is 1. The fraction of sp³-hybridized carbons (Fsp3) is 0.424. The van der Waals surface area contributed by atoms with Gasteiger partial charge in [-0.05, 0) is 81.3 Å². The van der Waals surface area contributed by atoms with E-state index >= 15 is 0 Å². The second-order valence-electron chi connectivity index (χ2n) is 12.5. The number of hydrogen-bond acceptors (Lipinski definition) is 8. The van der Waals surface area contributed by atoms with E-state index in [2.05, 4.69) is 38.9 Å². The van der Waals surface area contributed by atoms with Crippen molar-refractivity contribution in [2.24, 2.45) is 5.41 Å². The molecule has 2 aliphatic heterocycles. The lowest BCUT2D eigenvalue weighted by Crippen LogP contribution is -2.47. The molecule has 0 radical (unpaired) electrons. The summed E-state index contributed by atoms with van der Waals surface area (Å²) in [6.07, 6.45) is 7.66. The highest BCUT2D eigenvalue weighted by Gasteiger charge is 2.38. The number of nitrogens with one attached hydrogen (secondary N) is 1. The van der Waals surface area contributed by atoms with E-state index in [0.717, 1.165) is 57.5 Å². The molecule has 44 heavy (non-hydrogen) atoms. The molecule has 2 fully saturated rings. The quantitative estimate of drug-likeness (QED) is 0.302. The Balaban J connectivity index is 1.20. The normalized spacial score (nSPS) is 16.8. The van der Waals surface area contributed by atoms with Crippen LogP contribution in [0.15, 0.2) is 66.1 Å². The van der Waals surface area contributed by atoms with Gasteiger partial charge in [-0.3, -0.25) is 9.59 Å². The number of aromatic nitrogens is 5. The first-order valence-corrected chi connectivity index (χ1v) is 15.2. The lowest BCUT2D eigenvalue weighted by atomic mass is 9.71. The predicted octanol–water partition coefficient (Wildman–Crippen LogP) is 4.36. The van der Waals surface area contributed by atoms with Crippen LogP contribution in [0.1, 0.15) is 52.1 Å². The first-order chi connectivity index (χ1) is 21.1. The van der Waals surface area contributed by atoms with E-state index < -0.39 is 5.60 Å². The van der Waals surface area contributed by atoms with Gasteiger partial charge in [-0.2, -0.15) is 4.98 Å². The topological polar surface area (TPSA) is 121 Å². The van der Waals surface area contributed by atoms with E-state index in [1.807, 2.05) is 17.0 Å². The summed E-state index contributed by atoms with van der Waals surface area (Å²) in [5.74, 6) is 0.997. The first kappa shape index (κ1) is 29.6. The molecule has 2 aliphatic rings. The number of carbonyl (C=O) groups excluding carboxylic acids is 1. The highest BCUT2D eigenvalue weighted by atomic mass is 16.3. The van der Waals surface area contributed by atoms with Crippen LogP contribution in [0.4, 0.5) is 17.3 Å². The number of anilines is 3. The third-order valence-electron chi connectivity index (χ3n) is 9.14. The third-order valence-corrected chi connectivity index (χ3v) is 9.14. The molecule has 11 heteroatoms. The number of nitrogens with zero attached hydrogens (tertiary/aromatic N) is 7. The Morgan fingerprint density at radius 3 is 2.36 bits per heavy atom. The van der Waals surface area contributed by atoms with Crippen LogP contribution in [0.25, 0.3) is 16.9 Å². The van der Waals surface area contributed by atoms with Gasteiger partial charge in [-0.1, -0.05) is 12.1 Å². The fourth-order valence-electron chi connectivity index (χ4n) is 6.41. The summed E-state index contributed by atoms with van der Waals surface area (Å²) in [7, 11) is 0. The maximum atomic E-state index is 13.3. The molecule has 1 spiro atoms. The number of hydrogen-bond donors (Lipinski definition) is 2. The van der Waals surface area contributed by atoms with E-state index in [0.29, 0.717) is 33.9 Å². The van der Waals surface area contributed by atoms with Crippen LogP contribution in [0.5, 0.6) is 0 Å². The molecule has 5 heterocycles. The van der Waals surface area contributed by atoms with Crippen molar-refractivity contribution in [3.8, 4) is 5.82 Å². The predicted molar refractivity (Wildman–Crippen MR) is 171 cm³/mol. The highest BCUT2D eigenvalue weighted by Crippen LogP contribution is 2.42. The molecule has 11 nitrogen and oxygen atoms in total. The van der Waals surface area contributed by atoms with Crippen LogP contribution in [0.3, 0.4) is 0 Å². The molecule has 0 aliphatic carbocycles. The summed E-state index contributed by atoms with van der Waals surface area (Å²) in [5, 5.41) is 14.2. The zero-order valence-corrected chi connectivity index (χ0v) is 25.7. The van der Waals surface area contributed by atoms with Gasteiger partial charge in [-0.15, -0.1) is 6.58 Å². The van der Waals surface area contributed by atoms with E-state index in [1.165, 1.54) is 16.6 Å². The monoisotopic (exact) mass is 596 g/mol. The Hall–Kier alpha value is -4.51. The molecule has 0 bridgehead atoms. The Morgan fingerprint density at radius 2 is 1.73 bits per heavy atom. The van der Waals surface area contributed by atoms with Crippen molar-refractivity contribution in [1.29, 1.82) is 0 Å². The Morgan fingerprint density at radius 1 is 1.05 bits per heavy atom. The number of likely N-dealkylation sites (tertiary alicyclic amines) is 1. The van der Waals surface area contributed by atoms with Crippen molar-refractivity contribution in [2.45, 2.75) is 58.6 Å². The van der Waals surface area contributed by atoms with Crippen LogP contribution in [0, 0.1) is 5.41 Å². The summed E-state index contributed by atoms with van der Waals surface area (Å²) in [4.78, 5) is 43.2. The number of allylic oxidation sites excluding steroid dienone is 1. The van der Waals surface area contributed by atoms with Gasteiger partial charge in [0.2, 0.25) is 11.9 Å². The van der Waals surface area contributed by atoms with Gasteiger partial charge >= 0.3 is 0 Å². The highest BCUT2D eigenvalue weighted by molar-refractivity contribution is 5.77. The molecular formula is C33H40N8O3. The molecular weight excluding hydrogens is 556 g/mol. The molecule has 0 unspecified atom stereocenters. The Kier molecular flexibility index (Phi) is 7.75. The zero-order chi connectivity index (χ0) is 31.1. The maximum Gasteiger partial charge on any atom is 0.278 e. The number of aliphatic hydroxyl groups is 1. The van der Waals surface area contributed by atoms with Gasteiger partial charge in [0.1, 0.15) is 11.0 Å². The van der Waals surface area contributed by atoms with E-state index in [4.69, 9.17) is 4.98 Å². The van der Waals surface area contributed by atoms with Gasteiger partial charge in [0, 0.05) is 50.7 Å². The lowest BCUT2D eigenvalue weighted by Gasteiger charge is -2.47. The average molecular weight is 597 g/mol. The molecule has 1 aromatic carbocycles. The maximum absolute atomic E-state index is 13.3. The van der Waals surface area contributed by atoms with Crippen molar-refractivity contribution in [3.05, 3.63) is 77.4 Å². The van der Waals surface area contributed by atoms with E-state index in [-0.39, 0.29) is 18.0 Å². The molecule has 6 rings (SSSR count). The second-order valence-corrected chi connectivity index (χ2v) is 12.5. The number of fused-ring (bicyclic) bond motifs is 1. The van der Waals surface area contributed by atoms with Crippen LogP contribution >= 0.6 is 0 Å². The van der Waals surface area contributed by atoms with Gasteiger partial charge < -0.3 is 20.2 Å². The summed E-state index contributed by atoms with van der Waals surface area (Å²) < 4.78 is 3.16. The van der Waals surface area contributed by atoms with Crippen molar-refractivity contribution in [1.82, 2.24) is 29.2 Å². The van der Waals surface area contributed by atoms with Crippen LogP contribution in [0.2, 0.25) is 0 Å². The smallest absolute Gasteiger partial charge is 0.278 e. The number of benzene rings is 1. The Labute approximate surface area is 256 Å². The minimum absolute atomic E-state index is 0.186. The van der Waals surface area contributed by atoms with Crippen molar-refractivity contribution < 1.29 is 9.90 Å². The summed E-state index contributed by atoms with van der Waals surface area (Å²) >= 11 is 0. The van der Waals surface area contributed by atoms with Gasteiger partial charge in [0.05, 0.1) is 12.2 Å². The van der Waals surface area contributed by atoms with Crippen molar-refractivity contribution >= 4 is 34.3 Å². The second kappa shape index (κ2) is 11.5. The number of pyridine rings is 1. The molecule has 3 aromatic heterocycles. The van der Waals surface area contributed by atoms with Crippen molar-refractivity contribution in [3.63, 3.8) is 0 Å². The molecule has 230 valence electrons. The molecule has 0 atom stereocenters. The number of rotatable bonds is 7. The van der Waals surface area contributed by atoms with Gasteiger partial charge in [0.25, 0.3) is 5.56 Å². The van der Waals surface area contributed by atoms with Crippen LogP contribution < -0.4 is 15.8 Å². The first-order valence-electron chi connectivity index (χ1n) is 15.2. The van der Waals surface area contributed by atoms with Crippen LogP contribution in [-0.2, 0) is 16.9 Å². The van der Waals surface area contributed by atoms with E-state index in [9.17, 15) is 14.7 Å². The molecule has 2 N–H and O–H groups in total. The minimum Gasteiger partial charge on any atom is -0.384 e. The number of amides is 1. The Bertz CT molecular complexity index is 1730. The van der Waals surface area contributed by atoms with Crippen molar-refractivity contribution in [2.75, 3.05) is 36.4 Å². The standard InChI is InChI=1S/C33H40N8O3/c1-5-17-40-30(43)26-22-34-31(37-29(26)41(40)28-8-6-7-27(36-28)32(3,4)44)35-24-9-11-25(12-10-24)39-20-15-33(16-21-39)13-18-38(19-14-33)23(2)42/h5-12,22,44H,1,13-21H2,2-4H3,(H,34,35,37). The molecule has 4 aromatic rings. The third kappa shape index (κ3) is 5.71. The lowest BCUT2D eigenvalue weighted by molar-refractivity contribution is -0.131. The largest absolute Gasteiger partial charge is 0.384 e. The SMILES string of the molecule is C=CCn1c(=O)c2cnc(Nc3ccc(N4CCC5(CCN(C(C)=O)CC5)CC4)cc3)nc2n1-c1cccc(C(C)(C)O)n1. The van der Waals surface area contributed by atoms with Gasteiger partial charge in [-0.25, -0.2) is 19.3 Å². The summed E-state index contributed by atoms with van der Waals surface area (Å²) in [5.41, 5.74) is 1.85. The molecule has 1 amide bonds. The van der Waals surface area contributed by atoms with Gasteiger partial charge in [0.15, 0.2) is 11.5 Å². The number of piperidine rings is 2. The fourth-order valence-corrected chi connectivity index (χ4v) is 6.41. The minimum atomic E-state index is -1.15. The summed E-state index contributed by atoms with van der Waals surface area (Å²) in [6, 6.07) is 13.6. The molecule has 2 saturated heterocycles. The molecule has 0 saturated carbocycles. The van der Waals surface area contributed by atoms with Crippen LogP contribution in [-0.4, -0.2) is 66.4 Å².